The average Bonchev–Trinajstić information content (AvgIpc) is 3.31. The van der Waals surface area contributed by atoms with Gasteiger partial charge < -0.3 is 15.2 Å². The number of phenols is 1. The lowest BCUT2D eigenvalue weighted by Gasteiger charge is -2.09. The van der Waals surface area contributed by atoms with Gasteiger partial charge in [0.2, 0.25) is 0 Å². The van der Waals surface area contributed by atoms with Crippen LogP contribution in [-0.4, -0.2) is 49.9 Å². The molecule has 0 fully saturated rings. The van der Waals surface area contributed by atoms with Gasteiger partial charge in [-0.05, 0) is 159 Å². The Kier molecular flexibility index (Phi) is 19.2. The molecule has 20 nitrogen and oxygen atoms in total. The summed E-state index contributed by atoms with van der Waals surface area (Å²) in [5, 5.41) is 51.0. The highest BCUT2D eigenvalue weighted by molar-refractivity contribution is 7.86. The molecule has 366 valence electrons. The second kappa shape index (κ2) is 25.4. The number of para-hydroxylation sites is 1. The maximum absolute atomic E-state index is 12.1. The minimum Gasteiger partial charge on any atom is -0.505 e. The fraction of sp³-hybridized carbons (Fsp3) is 0.167. The Morgan fingerprint density at radius 1 is 0.521 bits per heavy atom. The van der Waals surface area contributed by atoms with Crippen molar-refractivity contribution in [1.82, 2.24) is 0 Å². The summed E-state index contributed by atoms with van der Waals surface area (Å²) in [4.78, 5) is -0.391. The molecule has 0 saturated carbocycles. The maximum atomic E-state index is 12.1. The van der Waals surface area contributed by atoms with E-state index in [0.29, 0.717) is 57.6 Å². The third-order valence-corrected chi connectivity index (χ3v) is 10.8. The summed E-state index contributed by atoms with van der Waals surface area (Å²) in [7, 11) is -10.8. The van der Waals surface area contributed by atoms with Gasteiger partial charge in [0, 0.05) is 22.8 Å². The van der Waals surface area contributed by atoms with Crippen LogP contribution >= 0.6 is 0 Å². The van der Waals surface area contributed by atoms with E-state index in [2.05, 4.69) is 46.2 Å². The third-order valence-electron chi connectivity index (χ3n) is 9.96. The highest BCUT2D eigenvalue weighted by atomic mass is 32.2. The predicted molar refractivity (Wildman–Crippen MR) is 266 cm³/mol. The Balaban J connectivity index is 0.00000109. The van der Waals surface area contributed by atoms with Crippen molar-refractivity contribution in [2.24, 2.45) is 40.9 Å². The number of hydrogen-bond acceptors (Lipinski definition) is 19. The van der Waals surface area contributed by atoms with Gasteiger partial charge >= 0.3 is 21.2 Å². The molecule has 3 N–H and O–H groups in total. The van der Waals surface area contributed by atoms with Crippen LogP contribution in [0.1, 0.15) is 42.0 Å². The summed E-state index contributed by atoms with van der Waals surface area (Å²) in [5.74, 6) is 0.375. The van der Waals surface area contributed by atoms with Crippen molar-refractivity contribution in [3.05, 3.63) is 150 Å². The molecule has 0 bridgehead atoms. The van der Waals surface area contributed by atoms with E-state index in [1.807, 2.05) is 120 Å². The second-order valence-corrected chi connectivity index (χ2v) is 17.4. The molecular weight excluding hydrogens is 975 g/mol. The van der Waals surface area contributed by atoms with Gasteiger partial charge in [0.25, 0.3) is 10.1 Å². The SMILES string of the molecule is CCCCOc1ccc(N=Nc2ccc(N=Nc3ccc(N=Nc4cc(C)c(N=Nc5ccc6cc(Nc7ccccc7)ccc6c5O)cc4C)cc3C)cc2C)c(S(=O)(=O)O)c1.O=S(=O)=O.O=S(=O)=O. The minimum atomic E-state index is -4.58. The molecule has 23 heteroatoms. The van der Waals surface area contributed by atoms with Crippen molar-refractivity contribution in [3.63, 3.8) is 0 Å². The number of nitrogens with zero attached hydrogens (tertiary/aromatic N) is 8. The average molecular weight is 1020 g/mol. The number of phenolic OH excluding ortho intramolecular Hbond substituents is 1. The number of benzene rings is 7. The highest BCUT2D eigenvalue weighted by Crippen LogP contribution is 2.39. The monoisotopic (exact) mass is 1020 g/mol. The summed E-state index contributed by atoms with van der Waals surface area (Å²) in [5.41, 5.74) is 9.21. The predicted octanol–water partition coefficient (Wildman–Crippen LogP) is 13.6. The quantitative estimate of drug-likeness (QED) is 0.0491. The lowest BCUT2D eigenvalue weighted by atomic mass is 10.1. The summed E-state index contributed by atoms with van der Waals surface area (Å²) >= 11 is 0. The van der Waals surface area contributed by atoms with E-state index >= 15 is 0 Å². The van der Waals surface area contributed by atoms with E-state index in [1.165, 1.54) is 12.1 Å². The molecule has 0 saturated heterocycles. The van der Waals surface area contributed by atoms with Crippen LogP contribution in [0.4, 0.5) is 56.9 Å². The first-order valence-electron chi connectivity index (χ1n) is 21.2. The van der Waals surface area contributed by atoms with E-state index in [9.17, 15) is 18.1 Å². The van der Waals surface area contributed by atoms with Crippen LogP contribution in [0.25, 0.3) is 10.8 Å². The van der Waals surface area contributed by atoms with Gasteiger partial charge in [-0.1, -0.05) is 37.6 Å². The van der Waals surface area contributed by atoms with Crippen LogP contribution in [-0.2, 0) is 31.3 Å². The second-order valence-electron chi connectivity index (χ2n) is 15.2. The smallest absolute Gasteiger partial charge is 0.425 e. The van der Waals surface area contributed by atoms with Crippen molar-refractivity contribution in [3.8, 4) is 11.5 Å². The Morgan fingerprint density at radius 3 is 1.55 bits per heavy atom. The van der Waals surface area contributed by atoms with E-state index < -0.39 is 36.2 Å². The number of aromatic hydroxyl groups is 1. The lowest BCUT2D eigenvalue weighted by molar-refractivity contribution is 0.308. The number of fused-ring (bicyclic) bond motifs is 1. The molecule has 0 atom stereocenters. The normalized spacial score (nSPS) is 11.4. The van der Waals surface area contributed by atoms with Gasteiger partial charge in [-0.2, -0.15) is 39.1 Å². The van der Waals surface area contributed by atoms with Crippen LogP contribution in [0.5, 0.6) is 11.5 Å². The van der Waals surface area contributed by atoms with Crippen LogP contribution < -0.4 is 10.1 Å². The number of nitrogens with one attached hydrogen (secondary N) is 1. The Bertz CT molecular complexity index is 3500. The number of rotatable bonds is 15. The van der Waals surface area contributed by atoms with Gasteiger partial charge in [-0.25, -0.2) is 0 Å². The zero-order valence-electron chi connectivity index (χ0n) is 38.6. The molecular formula is C48H45N9O11S3. The fourth-order valence-electron chi connectivity index (χ4n) is 6.42. The number of aryl methyl sites for hydroxylation is 4. The fourth-order valence-corrected chi connectivity index (χ4v) is 7.06. The molecule has 0 aromatic heterocycles. The van der Waals surface area contributed by atoms with E-state index in [0.717, 1.165) is 51.9 Å². The van der Waals surface area contributed by atoms with E-state index in [-0.39, 0.29) is 11.4 Å². The molecule has 0 aliphatic rings. The number of ether oxygens (including phenoxy) is 1. The number of azo groups is 4. The third kappa shape index (κ3) is 16.5. The molecule has 0 spiro atoms. The summed E-state index contributed by atoms with van der Waals surface area (Å²) < 4.78 is 90.2. The lowest BCUT2D eigenvalue weighted by Crippen LogP contribution is -2.01. The van der Waals surface area contributed by atoms with Crippen LogP contribution in [0.3, 0.4) is 0 Å². The van der Waals surface area contributed by atoms with Gasteiger partial charge in [-0.15, -0.1) is 35.5 Å². The number of hydrogen-bond donors (Lipinski definition) is 3. The number of unbranched alkanes of at least 4 members (excludes halogenated alkanes) is 1. The standard InChI is InChI=1S/C48H45N9O5S.2O3S/c1-6-7-23-62-39-17-22-43(47(29-39)63(59,60)61)54-53-42-21-16-37(25-31(42)3)50-52-41-20-15-38(24-30(41)2)51-56-45-26-33(5)46(27-32(45)4)57-55-44-19-13-34-28-36(14-18-40(34)48(44)58)49-35-11-9-8-10-12-35;2*1-4(2)3/h8-22,24-29,49,58H,6-7,23H2,1-5H3,(H,59,60,61);;. The Morgan fingerprint density at radius 2 is 1.00 bits per heavy atom. The molecule has 0 aliphatic carbocycles. The molecule has 0 amide bonds. The molecule has 7 aromatic carbocycles. The van der Waals surface area contributed by atoms with Crippen molar-refractivity contribution in [2.75, 3.05) is 11.9 Å². The van der Waals surface area contributed by atoms with Gasteiger partial charge in [0.05, 0.1) is 40.7 Å². The minimum absolute atomic E-state index is 0.0176. The van der Waals surface area contributed by atoms with Crippen molar-refractivity contribution < 1.29 is 48.1 Å². The molecule has 0 radical (unpaired) electrons. The zero-order chi connectivity index (χ0) is 51.7. The van der Waals surface area contributed by atoms with Crippen molar-refractivity contribution in [1.29, 1.82) is 0 Å². The summed E-state index contributed by atoms with van der Waals surface area (Å²) in [6.07, 6.45) is 1.73. The zero-order valence-corrected chi connectivity index (χ0v) is 41.1. The van der Waals surface area contributed by atoms with Gasteiger partial charge in [0.15, 0.2) is 5.75 Å². The Hall–Kier alpha value is -8.25. The van der Waals surface area contributed by atoms with Crippen molar-refractivity contribution in [2.45, 2.75) is 52.4 Å². The van der Waals surface area contributed by atoms with Crippen LogP contribution in [0.15, 0.2) is 173 Å². The first-order valence-corrected chi connectivity index (χ1v) is 24.6. The van der Waals surface area contributed by atoms with Crippen LogP contribution in [0.2, 0.25) is 0 Å². The molecule has 0 unspecified atom stereocenters. The molecule has 71 heavy (non-hydrogen) atoms. The number of anilines is 2. The summed E-state index contributed by atoms with van der Waals surface area (Å²) in [6, 6.07) is 38.1. The van der Waals surface area contributed by atoms with Gasteiger partial charge in [0.1, 0.15) is 22.0 Å². The largest absolute Gasteiger partial charge is 0.505 e. The van der Waals surface area contributed by atoms with E-state index in [1.54, 1.807) is 30.3 Å². The first-order chi connectivity index (χ1) is 33.8. The maximum Gasteiger partial charge on any atom is 0.425 e. The Labute approximate surface area is 411 Å². The molecule has 7 aromatic rings. The van der Waals surface area contributed by atoms with E-state index in [4.69, 9.17) is 30.0 Å². The highest BCUT2D eigenvalue weighted by Gasteiger charge is 2.18. The summed E-state index contributed by atoms with van der Waals surface area (Å²) in [6.45, 7) is 10.0. The topological polar surface area (TPSA) is 297 Å². The molecule has 0 heterocycles. The van der Waals surface area contributed by atoms with Crippen LogP contribution in [0, 0.1) is 27.7 Å². The molecule has 7 rings (SSSR count). The van der Waals surface area contributed by atoms with Crippen molar-refractivity contribution >= 4 is 99.0 Å². The van der Waals surface area contributed by atoms with Gasteiger partial charge in [-0.3, -0.25) is 4.55 Å². The first kappa shape index (κ1) is 53.7. The molecule has 0 aliphatic heterocycles.